The second kappa shape index (κ2) is 7.90. The third kappa shape index (κ3) is 4.70. The minimum absolute atomic E-state index is 0.0553. The van der Waals surface area contributed by atoms with Crippen LogP contribution in [0.25, 0.3) is 0 Å². The fourth-order valence-electron chi connectivity index (χ4n) is 3.28. The van der Waals surface area contributed by atoms with E-state index in [-0.39, 0.29) is 16.9 Å². The quantitative estimate of drug-likeness (QED) is 0.489. The number of nitrogens with zero attached hydrogens (tertiary/aromatic N) is 1. The third-order valence-electron chi connectivity index (χ3n) is 4.90. The van der Waals surface area contributed by atoms with Gasteiger partial charge in [-0.2, -0.15) is 0 Å². The van der Waals surface area contributed by atoms with Crippen molar-refractivity contribution in [1.29, 1.82) is 0 Å². The van der Waals surface area contributed by atoms with Crippen LogP contribution in [0.5, 0.6) is 0 Å². The first-order valence-electron chi connectivity index (χ1n) is 9.92. The van der Waals surface area contributed by atoms with Crippen LogP contribution in [-0.2, 0) is 15.6 Å². The highest BCUT2D eigenvalue weighted by molar-refractivity contribution is 6.47. The van der Waals surface area contributed by atoms with Crippen molar-refractivity contribution >= 4 is 17.4 Å². The van der Waals surface area contributed by atoms with E-state index >= 15 is 0 Å². The van der Waals surface area contributed by atoms with Gasteiger partial charge in [0.15, 0.2) is 0 Å². The summed E-state index contributed by atoms with van der Waals surface area (Å²) in [6.07, 6.45) is 0. The summed E-state index contributed by atoms with van der Waals surface area (Å²) in [4.78, 5) is 27.9. The highest BCUT2D eigenvalue weighted by Gasteiger charge is 2.31. The number of hydrogen-bond acceptors (Lipinski definition) is 2. The summed E-state index contributed by atoms with van der Waals surface area (Å²) in [5, 5.41) is 0. The van der Waals surface area contributed by atoms with Crippen LogP contribution in [0.4, 0.5) is 5.69 Å². The van der Waals surface area contributed by atoms with Gasteiger partial charge >= 0.3 is 0 Å². The molecular weight excluding hydrogens is 346 g/mol. The van der Waals surface area contributed by atoms with Gasteiger partial charge in [0.25, 0.3) is 11.7 Å². The molecule has 0 fully saturated rings. The number of benzene rings is 2. The number of carbonyl (C=O) groups is 2. The van der Waals surface area contributed by atoms with E-state index in [9.17, 15) is 9.59 Å². The Balaban J connectivity index is 2.64. The van der Waals surface area contributed by atoms with E-state index in [0.29, 0.717) is 5.56 Å². The minimum atomic E-state index is -0.488. The van der Waals surface area contributed by atoms with Crippen molar-refractivity contribution in [3.8, 4) is 0 Å². The summed E-state index contributed by atoms with van der Waals surface area (Å²) in [6.45, 7) is 16.7. The fraction of sp³-hybridized carbons (Fsp3) is 0.440. The minimum Gasteiger partial charge on any atom is -0.303 e. The molecule has 3 heteroatoms. The molecule has 0 heterocycles. The van der Waals surface area contributed by atoms with Crippen molar-refractivity contribution in [2.75, 3.05) is 4.90 Å². The summed E-state index contributed by atoms with van der Waals surface area (Å²) in [6, 6.07) is 14.9. The largest absolute Gasteiger partial charge is 0.303 e. The first-order chi connectivity index (χ1) is 12.8. The number of ketones is 1. The highest BCUT2D eigenvalue weighted by atomic mass is 16.2. The molecule has 0 unspecified atom stereocenters. The number of anilines is 1. The molecular formula is C25H33NO2. The number of Topliss-reactive ketones (excluding diaryl/α,β-unsaturated/α-hetero) is 1. The fourth-order valence-corrected chi connectivity index (χ4v) is 3.28. The maximum Gasteiger partial charge on any atom is 0.299 e. The molecule has 28 heavy (non-hydrogen) atoms. The van der Waals surface area contributed by atoms with Crippen molar-refractivity contribution in [3.63, 3.8) is 0 Å². The smallest absolute Gasteiger partial charge is 0.299 e. The van der Waals surface area contributed by atoms with Gasteiger partial charge in [-0.3, -0.25) is 9.59 Å². The first kappa shape index (κ1) is 21.9. The summed E-state index contributed by atoms with van der Waals surface area (Å²) in [7, 11) is 0. The van der Waals surface area contributed by atoms with E-state index in [0.717, 1.165) is 16.8 Å². The molecule has 0 bridgehead atoms. The topological polar surface area (TPSA) is 37.4 Å². The zero-order chi connectivity index (χ0) is 21.3. The second-order valence-electron chi connectivity index (χ2n) is 9.70. The second-order valence-corrected chi connectivity index (χ2v) is 9.70. The Bertz CT molecular complexity index is 852. The van der Waals surface area contributed by atoms with E-state index in [2.05, 4.69) is 59.7 Å². The maximum absolute atomic E-state index is 13.3. The Hall–Kier alpha value is -2.42. The molecule has 3 nitrogen and oxygen atoms in total. The van der Waals surface area contributed by atoms with Gasteiger partial charge in [0.1, 0.15) is 0 Å². The standard InChI is InChI=1S/C25H33NO2/c1-17(2)26(23(28)22(27)18-12-10-9-11-13-18)21-16-19(24(3,4)5)14-15-20(21)25(6,7)8/h9-17H,1-8H3. The van der Waals surface area contributed by atoms with Crippen LogP contribution in [0.15, 0.2) is 48.5 Å². The summed E-state index contributed by atoms with van der Waals surface area (Å²) < 4.78 is 0. The van der Waals surface area contributed by atoms with Gasteiger partial charge < -0.3 is 4.90 Å². The molecule has 0 saturated carbocycles. The van der Waals surface area contributed by atoms with Crippen LogP contribution >= 0.6 is 0 Å². The van der Waals surface area contributed by atoms with Crippen molar-refractivity contribution in [1.82, 2.24) is 0 Å². The van der Waals surface area contributed by atoms with Crippen LogP contribution < -0.4 is 4.90 Å². The zero-order valence-corrected chi connectivity index (χ0v) is 18.5. The Morgan fingerprint density at radius 2 is 1.39 bits per heavy atom. The monoisotopic (exact) mass is 379 g/mol. The van der Waals surface area contributed by atoms with E-state index in [1.54, 1.807) is 29.2 Å². The first-order valence-corrected chi connectivity index (χ1v) is 9.92. The van der Waals surface area contributed by atoms with Gasteiger partial charge in [-0.25, -0.2) is 0 Å². The van der Waals surface area contributed by atoms with E-state index in [1.165, 1.54) is 0 Å². The molecule has 0 aromatic heterocycles. The van der Waals surface area contributed by atoms with Gasteiger partial charge in [-0.1, -0.05) is 84.0 Å². The lowest BCUT2D eigenvalue weighted by Gasteiger charge is -2.34. The Morgan fingerprint density at radius 3 is 1.86 bits per heavy atom. The summed E-state index contributed by atoms with van der Waals surface area (Å²) in [5.41, 5.74) is 3.23. The van der Waals surface area contributed by atoms with E-state index in [4.69, 9.17) is 0 Å². The predicted molar refractivity (Wildman–Crippen MR) is 117 cm³/mol. The van der Waals surface area contributed by atoms with E-state index < -0.39 is 11.7 Å². The lowest BCUT2D eigenvalue weighted by molar-refractivity contribution is -0.115. The average Bonchev–Trinajstić information content (AvgIpc) is 2.59. The molecule has 0 atom stereocenters. The van der Waals surface area contributed by atoms with Crippen LogP contribution in [-0.4, -0.2) is 17.7 Å². The molecule has 0 spiro atoms. The van der Waals surface area contributed by atoms with E-state index in [1.807, 2.05) is 19.9 Å². The van der Waals surface area contributed by atoms with Crippen LogP contribution in [0, 0.1) is 0 Å². The number of carbonyl (C=O) groups excluding carboxylic acids is 2. The van der Waals surface area contributed by atoms with Gasteiger partial charge in [0, 0.05) is 17.3 Å². The lowest BCUT2D eigenvalue weighted by atomic mass is 9.80. The van der Waals surface area contributed by atoms with Gasteiger partial charge in [0.2, 0.25) is 0 Å². The Labute approximate surface area is 169 Å². The van der Waals surface area contributed by atoms with Gasteiger partial charge in [-0.15, -0.1) is 0 Å². The van der Waals surface area contributed by atoms with Crippen molar-refractivity contribution in [2.24, 2.45) is 0 Å². The Kier molecular flexibility index (Phi) is 6.18. The molecule has 2 aromatic rings. The third-order valence-corrected chi connectivity index (χ3v) is 4.90. The molecule has 0 aliphatic carbocycles. The molecule has 150 valence electrons. The molecule has 0 radical (unpaired) electrons. The van der Waals surface area contributed by atoms with Gasteiger partial charge in [0.05, 0.1) is 0 Å². The SMILES string of the molecule is CC(C)N(C(=O)C(=O)c1ccccc1)c1cc(C(C)(C)C)ccc1C(C)(C)C. The molecule has 1 amide bonds. The Morgan fingerprint density at radius 1 is 0.821 bits per heavy atom. The number of hydrogen-bond donors (Lipinski definition) is 0. The maximum atomic E-state index is 13.3. The molecule has 2 rings (SSSR count). The molecule has 2 aromatic carbocycles. The number of rotatable bonds is 4. The van der Waals surface area contributed by atoms with Crippen molar-refractivity contribution in [2.45, 2.75) is 72.3 Å². The van der Waals surface area contributed by atoms with Crippen LogP contribution in [0.3, 0.4) is 0 Å². The highest BCUT2D eigenvalue weighted by Crippen LogP contribution is 2.37. The normalized spacial score (nSPS) is 12.2. The number of amides is 1. The average molecular weight is 380 g/mol. The van der Waals surface area contributed by atoms with Crippen LogP contribution in [0.2, 0.25) is 0 Å². The van der Waals surface area contributed by atoms with Gasteiger partial charge in [-0.05, 0) is 41.9 Å². The molecule has 0 saturated heterocycles. The zero-order valence-electron chi connectivity index (χ0n) is 18.5. The predicted octanol–water partition coefficient (Wildman–Crippen LogP) is 5.91. The summed E-state index contributed by atoms with van der Waals surface area (Å²) in [5.74, 6) is -0.965. The summed E-state index contributed by atoms with van der Waals surface area (Å²) >= 11 is 0. The van der Waals surface area contributed by atoms with Crippen molar-refractivity contribution in [3.05, 3.63) is 65.2 Å². The van der Waals surface area contributed by atoms with Crippen molar-refractivity contribution < 1.29 is 9.59 Å². The molecule has 0 N–H and O–H groups in total. The molecule has 0 aliphatic heterocycles. The molecule has 0 aliphatic rings. The van der Waals surface area contributed by atoms with Crippen LogP contribution in [0.1, 0.15) is 76.9 Å². The lowest BCUT2D eigenvalue weighted by Crippen LogP contribution is -2.43.